The molecule has 0 radical (unpaired) electrons. The molecular formula is C24H32N2O3. The van der Waals surface area contributed by atoms with Crippen molar-refractivity contribution in [2.24, 2.45) is 5.92 Å². The van der Waals surface area contributed by atoms with E-state index in [-0.39, 0.29) is 5.91 Å². The molecule has 0 aliphatic carbocycles. The van der Waals surface area contributed by atoms with E-state index >= 15 is 0 Å². The summed E-state index contributed by atoms with van der Waals surface area (Å²) < 4.78 is 11.3. The Labute approximate surface area is 174 Å². The van der Waals surface area contributed by atoms with E-state index < -0.39 is 0 Å². The van der Waals surface area contributed by atoms with Gasteiger partial charge in [-0.25, -0.2) is 0 Å². The zero-order valence-corrected chi connectivity index (χ0v) is 17.5. The second-order valence-electron chi connectivity index (χ2n) is 7.94. The molecule has 0 spiro atoms. The fourth-order valence-electron chi connectivity index (χ4n) is 3.60. The number of nitrogens with zero attached hydrogens (tertiary/aromatic N) is 1. The van der Waals surface area contributed by atoms with Crippen LogP contribution in [0.1, 0.15) is 36.2 Å². The molecule has 3 rings (SSSR count). The number of carbonyl (C=O) groups is 1. The molecule has 1 aliphatic heterocycles. The topological polar surface area (TPSA) is 50.8 Å². The van der Waals surface area contributed by atoms with E-state index in [2.05, 4.69) is 24.1 Å². The fourth-order valence-corrected chi connectivity index (χ4v) is 3.60. The van der Waals surface area contributed by atoms with Gasteiger partial charge < -0.3 is 14.8 Å². The Balaban J connectivity index is 1.51. The van der Waals surface area contributed by atoms with E-state index in [9.17, 15) is 4.79 Å². The summed E-state index contributed by atoms with van der Waals surface area (Å²) in [6.45, 7) is 9.03. The number of benzene rings is 2. The molecule has 1 aliphatic rings. The van der Waals surface area contributed by atoms with Crippen LogP contribution in [0.4, 0.5) is 0 Å². The highest BCUT2D eigenvalue weighted by Crippen LogP contribution is 2.16. The van der Waals surface area contributed by atoms with Gasteiger partial charge >= 0.3 is 0 Å². The number of rotatable bonds is 9. The summed E-state index contributed by atoms with van der Waals surface area (Å²) >= 11 is 0. The number of hydrogen-bond donors (Lipinski definition) is 1. The average molecular weight is 397 g/mol. The van der Waals surface area contributed by atoms with Crippen molar-refractivity contribution in [3.63, 3.8) is 0 Å². The molecule has 156 valence electrons. The zero-order chi connectivity index (χ0) is 20.5. The molecule has 1 amide bonds. The first-order valence-electron chi connectivity index (χ1n) is 10.5. The van der Waals surface area contributed by atoms with E-state index in [1.807, 2.05) is 54.6 Å². The predicted octanol–water partition coefficient (Wildman–Crippen LogP) is 3.74. The Hall–Kier alpha value is -2.37. The lowest BCUT2D eigenvalue weighted by Crippen LogP contribution is -2.49. The predicted molar refractivity (Wildman–Crippen MR) is 115 cm³/mol. The Bertz CT molecular complexity index is 740. The van der Waals surface area contributed by atoms with Crippen LogP contribution in [0, 0.1) is 5.92 Å². The second-order valence-corrected chi connectivity index (χ2v) is 7.94. The molecule has 2 aromatic rings. The van der Waals surface area contributed by atoms with E-state index in [4.69, 9.17) is 9.47 Å². The zero-order valence-electron chi connectivity index (χ0n) is 17.5. The molecule has 5 nitrogen and oxygen atoms in total. The van der Waals surface area contributed by atoms with Crippen molar-refractivity contribution in [1.29, 1.82) is 0 Å². The molecule has 1 atom stereocenters. The van der Waals surface area contributed by atoms with Gasteiger partial charge in [0, 0.05) is 31.2 Å². The minimum atomic E-state index is -0.0402. The molecule has 1 fully saturated rings. The quantitative estimate of drug-likeness (QED) is 0.702. The van der Waals surface area contributed by atoms with Crippen molar-refractivity contribution in [1.82, 2.24) is 10.2 Å². The SMILES string of the molecule is CC(C)CC(CNC(=O)c1ccc(OCc2ccccc2)cc1)N1CCOCC1. The smallest absolute Gasteiger partial charge is 0.251 e. The second kappa shape index (κ2) is 11.0. The van der Waals surface area contributed by atoms with Gasteiger partial charge in [-0.1, -0.05) is 44.2 Å². The molecule has 29 heavy (non-hydrogen) atoms. The van der Waals surface area contributed by atoms with Gasteiger partial charge in [-0.2, -0.15) is 0 Å². The molecule has 1 heterocycles. The van der Waals surface area contributed by atoms with Gasteiger partial charge in [0.25, 0.3) is 5.91 Å². The molecule has 5 heteroatoms. The van der Waals surface area contributed by atoms with Gasteiger partial charge in [0.1, 0.15) is 12.4 Å². The average Bonchev–Trinajstić information content (AvgIpc) is 2.76. The number of carbonyl (C=O) groups excluding carboxylic acids is 1. The first-order valence-corrected chi connectivity index (χ1v) is 10.5. The lowest BCUT2D eigenvalue weighted by molar-refractivity contribution is 0.0124. The number of amides is 1. The Kier molecular flexibility index (Phi) is 8.08. The maximum absolute atomic E-state index is 12.6. The molecule has 1 saturated heterocycles. The van der Waals surface area contributed by atoms with Gasteiger partial charge in [0.05, 0.1) is 13.2 Å². The summed E-state index contributed by atoms with van der Waals surface area (Å²) in [5, 5.41) is 3.12. The van der Waals surface area contributed by atoms with E-state index in [1.54, 1.807) is 0 Å². The third kappa shape index (κ3) is 6.87. The number of hydrogen-bond acceptors (Lipinski definition) is 4. The normalized spacial score (nSPS) is 15.8. The number of morpholine rings is 1. The van der Waals surface area contributed by atoms with Crippen LogP contribution in [0.5, 0.6) is 5.75 Å². The Morgan fingerprint density at radius 2 is 1.76 bits per heavy atom. The lowest BCUT2D eigenvalue weighted by Gasteiger charge is -2.35. The molecular weight excluding hydrogens is 364 g/mol. The van der Waals surface area contributed by atoms with Crippen LogP contribution < -0.4 is 10.1 Å². The molecule has 0 bridgehead atoms. The lowest BCUT2D eigenvalue weighted by atomic mass is 10.0. The van der Waals surface area contributed by atoms with Gasteiger partial charge in [-0.15, -0.1) is 0 Å². The molecule has 1 unspecified atom stereocenters. The van der Waals surface area contributed by atoms with Gasteiger partial charge in [-0.05, 0) is 42.2 Å². The summed E-state index contributed by atoms with van der Waals surface area (Å²) in [6, 6.07) is 17.7. The highest BCUT2D eigenvalue weighted by molar-refractivity contribution is 5.94. The summed E-state index contributed by atoms with van der Waals surface area (Å²) in [5.41, 5.74) is 1.77. The number of ether oxygens (including phenoxy) is 2. The summed E-state index contributed by atoms with van der Waals surface area (Å²) in [5.74, 6) is 1.30. The standard InChI is InChI=1S/C24H32N2O3/c1-19(2)16-22(26-12-14-28-15-13-26)17-25-24(27)21-8-10-23(11-9-21)29-18-20-6-4-3-5-7-20/h3-11,19,22H,12-18H2,1-2H3,(H,25,27). The first-order chi connectivity index (χ1) is 14.1. The van der Waals surface area contributed by atoms with Crippen LogP contribution >= 0.6 is 0 Å². The number of nitrogens with one attached hydrogen (secondary N) is 1. The van der Waals surface area contributed by atoms with Crippen molar-refractivity contribution >= 4 is 5.91 Å². The van der Waals surface area contributed by atoms with E-state index in [1.165, 1.54) is 0 Å². The largest absolute Gasteiger partial charge is 0.489 e. The Morgan fingerprint density at radius 3 is 2.41 bits per heavy atom. The third-order valence-corrected chi connectivity index (χ3v) is 5.17. The van der Waals surface area contributed by atoms with Crippen molar-refractivity contribution in [2.45, 2.75) is 32.9 Å². The molecule has 2 aromatic carbocycles. The van der Waals surface area contributed by atoms with Crippen LogP contribution in [-0.4, -0.2) is 49.7 Å². The highest BCUT2D eigenvalue weighted by atomic mass is 16.5. The van der Waals surface area contributed by atoms with Crippen LogP contribution in [0.2, 0.25) is 0 Å². The molecule has 0 aromatic heterocycles. The summed E-state index contributed by atoms with van der Waals surface area (Å²) in [4.78, 5) is 15.0. The third-order valence-electron chi connectivity index (χ3n) is 5.17. The van der Waals surface area contributed by atoms with Gasteiger partial charge in [0.2, 0.25) is 0 Å². The highest BCUT2D eigenvalue weighted by Gasteiger charge is 2.22. The molecule has 0 saturated carbocycles. The molecule has 1 N–H and O–H groups in total. The van der Waals surface area contributed by atoms with Crippen LogP contribution in [0.15, 0.2) is 54.6 Å². The summed E-state index contributed by atoms with van der Waals surface area (Å²) in [7, 11) is 0. The van der Waals surface area contributed by atoms with E-state index in [0.29, 0.717) is 30.7 Å². The van der Waals surface area contributed by atoms with E-state index in [0.717, 1.165) is 44.0 Å². The fraction of sp³-hybridized carbons (Fsp3) is 0.458. The minimum absolute atomic E-state index is 0.0402. The van der Waals surface area contributed by atoms with Crippen LogP contribution in [0.3, 0.4) is 0 Å². The monoisotopic (exact) mass is 396 g/mol. The van der Waals surface area contributed by atoms with Gasteiger partial charge in [-0.3, -0.25) is 9.69 Å². The maximum Gasteiger partial charge on any atom is 0.251 e. The summed E-state index contributed by atoms with van der Waals surface area (Å²) in [6.07, 6.45) is 1.06. The van der Waals surface area contributed by atoms with Crippen molar-refractivity contribution < 1.29 is 14.3 Å². The minimum Gasteiger partial charge on any atom is -0.489 e. The van der Waals surface area contributed by atoms with Gasteiger partial charge in [0.15, 0.2) is 0 Å². The Morgan fingerprint density at radius 1 is 1.07 bits per heavy atom. The first kappa shape index (κ1) is 21.3. The van der Waals surface area contributed by atoms with Crippen LogP contribution in [0.25, 0.3) is 0 Å². The van der Waals surface area contributed by atoms with Crippen molar-refractivity contribution in [3.05, 3.63) is 65.7 Å². The maximum atomic E-state index is 12.6. The van der Waals surface area contributed by atoms with Crippen molar-refractivity contribution in [2.75, 3.05) is 32.8 Å². The van der Waals surface area contributed by atoms with Crippen LogP contribution in [-0.2, 0) is 11.3 Å². The van der Waals surface area contributed by atoms with Crippen molar-refractivity contribution in [3.8, 4) is 5.75 Å².